The second kappa shape index (κ2) is 9.26. The van der Waals surface area contributed by atoms with Gasteiger partial charge in [0, 0.05) is 50.2 Å². The van der Waals surface area contributed by atoms with Crippen molar-refractivity contribution in [2.24, 2.45) is 0 Å². The van der Waals surface area contributed by atoms with Gasteiger partial charge in [0.25, 0.3) is 5.91 Å². The first kappa shape index (κ1) is 23.2. The van der Waals surface area contributed by atoms with Crippen molar-refractivity contribution in [2.45, 2.75) is 12.6 Å². The number of methoxy groups -OCH3 is 1. The van der Waals surface area contributed by atoms with E-state index in [1.54, 1.807) is 55.7 Å². The Kier molecular flexibility index (Phi) is 5.98. The van der Waals surface area contributed by atoms with Crippen molar-refractivity contribution in [1.29, 1.82) is 5.26 Å². The van der Waals surface area contributed by atoms with E-state index >= 15 is 0 Å². The van der Waals surface area contributed by atoms with Gasteiger partial charge in [0.1, 0.15) is 35.0 Å². The number of nitriles is 1. The van der Waals surface area contributed by atoms with Gasteiger partial charge in [-0.1, -0.05) is 0 Å². The van der Waals surface area contributed by atoms with Gasteiger partial charge < -0.3 is 19.0 Å². The maximum atomic E-state index is 13.7. The molecule has 1 saturated heterocycles. The zero-order valence-corrected chi connectivity index (χ0v) is 20.0. The molecular weight excluding hydrogens is 463 g/mol. The molecule has 1 atom stereocenters. The van der Waals surface area contributed by atoms with E-state index in [1.165, 1.54) is 18.2 Å². The minimum atomic E-state index is -0.921. The highest BCUT2D eigenvalue weighted by Gasteiger charge is 2.26. The van der Waals surface area contributed by atoms with Crippen LogP contribution in [-0.2, 0) is 0 Å². The lowest BCUT2D eigenvalue weighted by Crippen LogP contribution is -2.22. The van der Waals surface area contributed by atoms with Gasteiger partial charge in [-0.25, -0.2) is 14.4 Å². The highest BCUT2D eigenvalue weighted by atomic mass is 19.1. The summed E-state index contributed by atoms with van der Waals surface area (Å²) in [6.45, 7) is 0.747. The lowest BCUT2D eigenvalue weighted by Gasteiger charge is -2.18. The smallest absolute Gasteiger partial charge is 0.255 e. The van der Waals surface area contributed by atoms with Gasteiger partial charge in [-0.15, -0.1) is 0 Å². The van der Waals surface area contributed by atoms with Gasteiger partial charge in [-0.2, -0.15) is 5.26 Å². The highest BCUT2D eigenvalue weighted by Crippen LogP contribution is 2.36. The number of alkyl halides is 1. The van der Waals surface area contributed by atoms with Crippen LogP contribution in [0.4, 0.5) is 10.2 Å². The molecule has 4 aromatic rings. The summed E-state index contributed by atoms with van der Waals surface area (Å²) in [5.41, 5.74) is 3.41. The molecule has 0 N–H and O–H groups in total. The number of anilines is 1. The minimum Gasteiger partial charge on any atom is -0.495 e. The summed E-state index contributed by atoms with van der Waals surface area (Å²) in [4.78, 5) is 29.4. The molecule has 182 valence electrons. The number of aromatic nitrogens is 3. The molecule has 10 heteroatoms. The highest BCUT2D eigenvalue weighted by molar-refractivity contribution is 6.01. The number of fused-ring (bicyclic) bond motifs is 1. The average Bonchev–Trinajstić information content (AvgIpc) is 3.53. The number of furan rings is 1. The molecule has 9 nitrogen and oxygen atoms in total. The number of pyridine rings is 3. The topological polar surface area (TPSA) is 108 Å². The zero-order chi connectivity index (χ0) is 25.4. The van der Waals surface area contributed by atoms with Crippen molar-refractivity contribution in [1.82, 2.24) is 19.9 Å². The summed E-state index contributed by atoms with van der Waals surface area (Å²) in [5.74, 6) is 1.04. The van der Waals surface area contributed by atoms with Crippen molar-refractivity contribution < 1.29 is 18.3 Å². The second-order valence-electron chi connectivity index (χ2n) is 8.69. The predicted octanol–water partition coefficient (Wildman–Crippen LogP) is 4.08. The van der Waals surface area contributed by atoms with E-state index in [-0.39, 0.29) is 12.5 Å². The third-order valence-electron chi connectivity index (χ3n) is 6.11. The number of hydrogen-bond donors (Lipinski definition) is 0. The Balaban J connectivity index is 1.60. The van der Waals surface area contributed by atoms with Crippen LogP contribution in [0.5, 0.6) is 5.75 Å². The molecule has 1 fully saturated rings. The molecule has 0 radical (unpaired) electrons. The standard InChI is InChI=1S/C26H23FN6O3/c1-32(2)26(34)20-9-18(35-3)13-30-23(20)22-10-21-24(36-22)19(4-6-29-21)16-8-15(11-28)25(31-12-16)33-7-5-17(27)14-33/h4,6,8-10,12-13,17H,5,7,14H2,1-3H3. The van der Waals surface area contributed by atoms with Gasteiger partial charge >= 0.3 is 0 Å². The quantitative estimate of drug-likeness (QED) is 0.415. The molecule has 0 aromatic carbocycles. The van der Waals surface area contributed by atoms with Crippen LogP contribution < -0.4 is 9.64 Å². The maximum Gasteiger partial charge on any atom is 0.255 e. The van der Waals surface area contributed by atoms with Crippen LogP contribution in [0.3, 0.4) is 0 Å². The molecule has 0 bridgehead atoms. The second-order valence-corrected chi connectivity index (χ2v) is 8.69. The fourth-order valence-electron chi connectivity index (χ4n) is 4.29. The van der Waals surface area contributed by atoms with Gasteiger partial charge in [-0.3, -0.25) is 9.78 Å². The summed E-state index contributed by atoms with van der Waals surface area (Å²) >= 11 is 0. The Morgan fingerprint density at radius 1 is 1.25 bits per heavy atom. The van der Waals surface area contributed by atoms with Crippen molar-refractivity contribution in [2.75, 3.05) is 39.2 Å². The molecule has 5 rings (SSSR count). The van der Waals surface area contributed by atoms with E-state index in [0.29, 0.717) is 69.3 Å². The lowest BCUT2D eigenvalue weighted by atomic mass is 10.1. The first-order valence-corrected chi connectivity index (χ1v) is 11.3. The Morgan fingerprint density at radius 2 is 2.08 bits per heavy atom. The number of nitrogens with zero attached hydrogens (tertiary/aromatic N) is 6. The summed E-state index contributed by atoms with van der Waals surface area (Å²) in [5, 5.41) is 9.75. The molecule has 1 aliphatic rings. The van der Waals surface area contributed by atoms with Crippen LogP contribution in [0.15, 0.2) is 47.3 Å². The summed E-state index contributed by atoms with van der Waals surface area (Å²) in [7, 11) is 4.82. The third kappa shape index (κ3) is 4.09. The molecule has 0 saturated carbocycles. The number of carbonyl (C=O) groups is 1. The third-order valence-corrected chi connectivity index (χ3v) is 6.11. The molecule has 1 unspecified atom stereocenters. The SMILES string of the molecule is COc1cnc(-c2cc3nccc(-c4cnc(N5CCC(F)C5)c(C#N)c4)c3o2)c(C(=O)N(C)C)c1. The molecule has 0 aliphatic carbocycles. The number of halogens is 1. The van der Waals surface area contributed by atoms with Crippen molar-refractivity contribution in [3.63, 3.8) is 0 Å². The van der Waals surface area contributed by atoms with Crippen LogP contribution >= 0.6 is 0 Å². The van der Waals surface area contributed by atoms with E-state index in [9.17, 15) is 14.4 Å². The van der Waals surface area contributed by atoms with E-state index in [4.69, 9.17) is 9.15 Å². The van der Waals surface area contributed by atoms with Crippen molar-refractivity contribution >= 4 is 22.8 Å². The monoisotopic (exact) mass is 486 g/mol. The van der Waals surface area contributed by atoms with Crippen LogP contribution in [0.25, 0.3) is 33.7 Å². The number of ether oxygens (including phenoxy) is 1. The average molecular weight is 487 g/mol. The molecule has 4 aromatic heterocycles. The van der Waals surface area contributed by atoms with Gasteiger partial charge in [0.05, 0.1) is 31.0 Å². The molecule has 1 amide bonds. The van der Waals surface area contributed by atoms with Crippen LogP contribution in [0.2, 0.25) is 0 Å². The van der Waals surface area contributed by atoms with Gasteiger partial charge in [-0.05, 0) is 24.6 Å². The fourth-order valence-corrected chi connectivity index (χ4v) is 4.29. The zero-order valence-electron chi connectivity index (χ0n) is 20.0. The van der Waals surface area contributed by atoms with Crippen LogP contribution in [0, 0.1) is 11.3 Å². The Hall–Kier alpha value is -4.52. The van der Waals surface area contributed by atoms with E-state index < -0.39 is 6.17 Å². The number of amides is 1. The van der Waals surface area contributed by atoms with Crippen molar-refractivity contribution in [3.8, 4) is 34.4 Å². The summed E-state index contributed by atoms with van der Waals surface area (Å²) in [6, 6.07) is 9.01. The Morgan fingerprint density at radius 3 is 2.78 bits per heavy atom. The van der Waals surface area contributed by atoms with E-state index in [1.807, 2.05) is 0 Å². The Bertz CT molecular complexity index is 1510. The fraction of sp³-hybridized carbons (Fsp3) is 0.269. The first-order valence-electron chi connectivity index (χ1n) is 11.3. The van der Waals surface area contributed by atoms with Crippen molar-refractivity contribution in [3.05, 3.63) is 54.0 Å². The molecule has 1 aliphatic heterocycles. The van der Waals surface area contributed by atoms with E-state index in [0.717, 1.165) is 0 Å². The number of carbonyl (C=O) groups excluding carboxylic acids is 1. The van der Waals surface area contributed by atoms with Gasteiger partial charge in [0.2, 0.25) is 0 Å². The molecule has 0 spiro atoms. The largest absolute Gasteiger partial charge is 0.495 e. The summed E-state index contributed by atoms with van der Waals surface area (Å²) in [6.07, 6.45) is 4.30. The van der Waals surface area contributed by atoms with E-state index in [2.05, 4.69) is 21.0 Å². The van der Waals surface area contributed by atoms with Crippen LogP contribution in [-0.4, -0.2) is 66.2 Å². The number of rotatable bonds is 5. The first-order chi connectivity index (χ1) is 17.4. The van der Waals surface area contributed by atoms with Gasteiger partial charge in [0.15, 0.2) is 11.3 Å². The summed E-state index contributed by atoms with van der Waals surface area (Å²) < 4.78 is 25.2. The lowest BCUT2D eigenvalue weighted by molar-refractivity contribution is 0.0827. The molecule has 36 heavy (non-hydrogen) atoms. The number of hydrogen-bond acceptors (Lipinski definition) is 8. The molecular formula is C26H23FN6O3. The predicted molar refractivity (Wildman–Crippen MR) is 131 cm³/mol. The van der Waals surface area contributed by atoms with Crippen LogP contribution in [0.1, 0.15) is 22.3 Å². The Labute approximate surface area is 206 Å². The maximum absolute atomic E-state index is 13.7. The minimum absolute atomic E-state index is 0.227. The molecule has 5 heterocycles. The normalized spacial score (nSPS) is 15.2.